The lowest BCUT2D eigenvalue weighted by Crippen LogP contribution is -2.08. The van der Waals surface area contributed by atoms with Crippen molar-refractivity contribution in [3.63, 3.8) is 0 Å². The molecule has 0 saturated heterocycles. The molecule has 6 heteroatoms. The first kappa shape index (κ1) is 12.7. The molecule has 0 bridgehead atoms. The number of aliphatic hydroxyl groups excluding tert-OH is 1. The molecule has 1 heterocycles. The van der Waals surface area contributed by atoms with E-state index in [0.717, 1.165) is 5.56 Å². The summed E-state index contributed by atoms with van der Waals surface area (Å²) < 4.78 is 0. The highest BCUT2D eigenvalue weighted by Crippen LogP contribution is 2.17. The van der Waals surface area contributed by atoms with Gasteiger partial charge in [0.05, 0.1) is 0 Å². The Morgan fingerprint density at radius 1 is 1.11 bits per heavy atom. The molecular weight excluding hydrogens is 252 g/mol. The van der Waals surface area contributed by atoms with Crippen LogP contribution in [0.15, 0.2) is 30.3 Å². The maximum Gasteiger partial charge on any atom is 0.227 e. The number of nitrogens with one attached hydrogen (secondary N) is 1. The number of aliphatic hydroxyl groups is 1. The van der Waals surface area contributed by atoms with Gasteiger partial charge in [-0.2, -0.15) is 15.0 Å². The van der Waals surface area contributed by atoms with Crippen LogP contribution in [-0.4, -0.2) is 33.2 Å². The molecule has 0 unspecified atom stereocenters. The van der Waals surface area contributed by atoms with Crippen LogP contribution in [-0.2, 0) is 0 Å². The Morgan fingerprint density at radius 2 is 1.89 bits per heavy atom. The first-order chi connectivity index (χ1) is 8.79. The second kappa shape index (κ2) is 6.28. The van der Waals surface area contributed by atoms with Crippen LogP contribution >= 0.6 is 11.6 Å². The lowest BCUT2D eigenvalue weighted by molar-refractivity contribution is 0.292. The summed E-state index contributed by atoms with van der Waals surface area (Å²) in [6.45, 7) is 0.711. The van der Waals surface area contributed by atoms with Crippen molar-refractivity contribution >= 4 is 17.5 Å². The molecule has 0 radical (unpaired) electrons. The third kappa shape index (κ3) is 3.38. The highest BCUT2D eigenvalue weighted by molar-refractivity contribution is 6.28. The SMILES string of the molecule is OCCCNc1nc(Cl)nc(-c2ccccc2)n1. The monoisotopic (exact) mass is 264 g/mol. The summed E-state index contributed by atoms with van der Waals surface area (Å²) in [5, 5.41) is 11.9. The highest BCUT2D eigenvalue weighted by Gasteiger charge is 2.06. The fourth-order valence-corrected chi connectivity index (χ4v) is 1.58. The molecule has 18 heavy (non-hydrogen) atoms. The summed E-state index contributed by atoms with van der Waals surface area (Å²) in [6.07, 6.45) is 0.629. The molecule has 0 amide bonds. The third-order valence-corrected chi connectivity index (χ3v) is 2.43. The second-order valence-electron chi connectivity index (χ2n) is 3.62. The summed E-state index contributed by atoms with van der Waals surface area (Å²) in [6, 6.07) is 9.55. The molecule has 2 rings (SSSR count). The van der Waals surface area contributed by atoms with Gasteiger partial charge in [-0.25, -0.2) is 0 Å². The summed E-state index contributed by atoms with van der Waals surface area (Å²) in [5.41, 5.74) is 0.881. The van der Waals surface area contributed by atoms with Crippen molar-refractivity contribution in [2.24, 2.45) is 0 Å². The Balaban J connectivity index is 2.21. The van der Waals surface area contributed by atoms with E-state index >= 15 is 0 Å². The minimum atomic E-state index is 0.122. The average molecular weight is 265 g/mol. The number of hydrogen-bond acceptors (Lipinski definition) is 5. The zero-order valence-electron chi connectivity index (χ0n) is 9.67. The summed E-state index contributed by atoms with van der Waals surface area (Å²) in [5.74, 6) is 0.949. The zero-order chi connectivity index (χ0) is 12.8. The van der Waals surface area contributed by atoms with E-state index < -0.39 is 0 Å². The lowest BCUT2D eigenvalue weighted by atomic mass is 10.2. The average Bonchev–Trinajstić information content (AvgIpc) is 2.39. The largest absolute Gasteiger partial charge is 0.396 e. The van der Waals surface area contributed by atoms with Gasteiger partial charge < -0.3 is 10.4 Å². The molecule has 2 N–H and O–H groups in total. The van der Waals surface area contributed by atoms with Crippen LogP contribution < -0.4 is 5.32 Å². The molecule has 2 aromatic rings. The first-order valence-corrected chi connectivity index (χ1v) is 5.99. The number of hydrogen-bond donors (Lipinski definition) is 2. The molecule has 5 nitrogen and oxygen atoms in total. The molecule has 0 saturated carbocycles. The Morgan fingerprint density at radius 3 is 2.61 bits per heavy atom. The van der Waals surface area contributed by atoms with Gasteiger partial charge >= 0.3 is 0 Å². The van der Waals surface area contributed by atoms with E-state index in [9.17, 15) is 0 Å². The van der Waals surface area contributed by atoms with Gasteiger partial charge in [-0.1, -0.05) is 30.3 Å². The molecule has 0 spiro atoms. The van der Waals surface area contributed by atoms with E-state index in [-0.39, 0.29) is 11.9 Å². The third-order valence-electron chi connectivity index (χ3n) is 2.26. The highest BCUT2D eigenvalue weighted by atomic mass is 35.5. The van der Waals surface area contributed by atoms with Crippen LogP contribution in [0.5, 0.6) is 0 Å². The van der Waals surface area contributed by atoms with Crippen LogP contribution in [0.2, 0.25) is 5.28 Å². The van der Waals surface area contributed by atoms with Crippen LogP contribution in [0.1, 0.15) is 6.42 Å². The molecule has 1 aromatic carbocycles. The van der Waals surface area contributed by atoms with Crippen molar-refractivity contribution in [2.75, 3.05) is 18.5 Å². The van der Waals surface area contributed by atoms with Crippen LogP contribution in [0, 0.1) is 0 Å². The fourth-order valence-electron chi connectivity index (χ4n) is 1.42. The van der Waals surface area contributed by atoms with Gasteiger partial charge in [0.1, 0.15) is 0 Å². The molecule has 0 aliphatic carbocycles. The van der Waals surface area contributed by atoms with E-state index in [2.05, 4.69) is 20.3 Å². The van der Waals surface area contributed by atoms with Crippen molar-refractivity contribution < 1.29 is 5.11 Å². The van der Waals surface area contributed by atoms with E-state index in [1.54, 1.807) is 0 Å². The van der Waals surface area contributed by atoms with Crippen LogP contribution in [0.4, 0.5) is 5.95 Å². The van der Waals surface area contributed by atoms with Crippen molar-refractivity contribution in [3.05, 3.63) is 35.6 Å². The topological polar surface area (TPSA) is 70.9 Å². The van der Waals surface area contributed by atoms with Gasteiger partial charge in [0.15, 0.2) is 5.82 Å². The molecule has 0 fully saturated rings. The maximum atomic E-state index is 8.71. The van der Waals surface area contributed by atoms with E-state index in [1.165, 1.54) is 0 Å². The standard InChI is InChI=1S/C12H13ClN4O/c13-11-15-10(9-5-2-1-3-6-9)16-12(17-11)14-7-4-8-18/h1-3,5-6,18H,4,7-8H2,(H,14,15,16,17). The summed E-state index contributed by atoms with van der Waals surface area (Å²) in [7, 11) is 0. The predicted octanol–water partition coefficient (Wildman–Crippen LogP) is 1.99. The van der Waals surface area contributed by atoms with Gasteiger partial charge in [0, 0.05) is 18.7 Å². The predicted molar refractivity (Wildman–Crippen MR) is 70.5 cm³/mol. The fraction of sp³-hybridized carbons (Fsp3) is 0.250. The maximum absolute atomic E-state index is 8.71. The Hall–Kier alpha value is -1.72. The number of aromatic nitrogens is 3. The minimum absolute atomic E-state index is 0.122. The quantitative estimate of drug-likeness (QED) is 0.808. The second-order valence-corrected chi connectivity index (χ2v) is 3.96. The number of benzene rings is 1. The van der Waals surface area contributed by atoms with Crippen molar-refractivity contribution in [3.8, 4) is 11.4 Å². The van der Waals surface area contributed by atoms with E-state index in [4.69, 9.17) is 16.7 Å². The Labute approximate surface area is 110 Å². The summed E-state index contributed by atoms with van der Waals surface area (Å²) in [4.78, 5) is 12.3. The zero-order valence-corrected chi connectivity index (χ0v) is 10.4. The number of halogens is 1. The number of rotatable bonds is 5. The smallest absolute Gasteiger partial charge is 0.227 e. The molecule has 0 aliphatic heterocycles. The summed E-state index contributed by atoms with van der Waals surface area (Å²) >= 11 is 5.86. The van der Waals surface area contributed by atoms with Crippen LogP contribution in [0.3, 0.4) is 0 Å². The molecule has 0 aliphatic rings. The van der Waals surface area contributed by atoms with Gasteiger partial charge in [-0.3, -0.25) is 0 Å². The first-order valence-electron chi connectivity index (χ1n) is 5.61. The Kier molecular flexibility index (Phi) is 4.44. The van der Waals surface area contributed by atoms with Crippen LogP contribution in [0.25, 0.3) is 11.4 Å². The van der Waals surface area contributed by atoms with Gasteiger partial charge in [-0.05, 0) is 18.0 Å². The van der Waals surface area contributed by atoms with E-state index in [1.807, 2.05) is 30.3 Å². The minimum Gasteiger partial charge on any atom is -0.396 e. The van der Waals surface area contributed by atoms with Crippen molar-refractivity contribution in [1.29, 1.82) is 0 Å². The van der Waals surface area contributed by atoms with Gasteiger partial charge in [0.25, 0.3) is 0 Å². The van der Waals surface area contributed by atoms with Crippen molar-refractivity contribution in [2.45, 2.75) is 6.42 Å². The normalized spacial score (nSPS) is 10.3. The molecule has 0 atom stereocenters. The van der Waals surface area contributed by atoms with Gasteiger partial charge in [0.2, 0.25) is 11.2 Å². The lowest BCUT2D eigenvalue weighted by Gasteiger charge is -2.06. The number of nitrogens with zero attached hydrogens (tertiary/aromatic N) is 3. The van der Waals surface area contributed by atoms with Crippen molar-refractivity contribution in [1.82, 2.24) is 15.0 Å². The van der Waals surface area contributed by atoms with Gasteiger partial charge in [-0.15, -0.1) is 0 Å². The number of anilines is 1. The molecule has 1 aromatic heterocycles. The molecule has 94 valence electrons. The van der Waals surface area contributed by atoms with E-state index in [0.29, 0.717) is 24.7 Å². The molecular formula is C12H13ClN4O. The Bertz CT molecular complexity index is 507.